The minimum atomic E-state index is -0.401. The molecule has 1 unspecified atom stereocenters. The van der Waals surface area contributed by atoms with Gasteiger partial charge >= 0.3 is 0 Å². The minimum Gasteiger partial charge on any atom is -0.396 e. The smallest absolute Gasteiger partial charge is 0.150 e. The highest BCUT2D eigenvalue weighted by molar-refractivity contribution is 5.82. The fourth-order valence-corrected chi connectivity index (χ4v) is 2.23. The summed E-state index contributed by atoms with van der Waals surface area (Å²) < 4.78 is 20.8. The van der Waals surface area contributed by atoms with Crippen LogP contribution < -0.4 is 5.73 Å². The summed E-state index contributed by atoms with van der Waals surface area (Å²) >= 11 is 0. The van der Waals surface area contributed by atoms with E-state index < -0.39 is 5.82 Å². The molecule has 0 bridgehead atoms. The standard InChI is InChI=1S/C12H14FN3O/c13-9-5-8-7-15-16(11(8)6-10(9)14)12-3-1-2-4-17-12/h5-7,12H,1-4,14H2. The van der Waals surface area contributed by atoms with Gasteiger partial charge in [0, 0.05) is 12.0 Å². The number of rotatable bonds is 1. The van der Waals surface area contributed by atoms with Gasteiger partial charge in [-0.2, -0.15) is 5.10 Å². The van der Waals surface area contributed by atoms with Gasteiger partial charge in [0.1, 0.15) is 5.82 Å². The predicted molar refractivity (Wildman–Crippen MR) is 62.9 cm³/mol. The summed E-state index contributed by atoms with van der Waals surface area (Å²) in [5.41, 5.74) is 6.56. The van der Waals surface area contributed by atoms with Gasteiger partial charge < -0.3 is 10.5 Å². The highest BCUT2D eigenvalue weighted by Crippen LogP contribution is 2.28. The molecule has 3 rings (SSSR count). The van der Waals surface area contributed by atoms with E-state index in [4.69, 9.17) is 10.5 Å². The molecule has 1 aliphatic heterocycles. The molecular weight excluding hydrogens is 221 g/mol. The number of hydrogen-bond acceptors (Lipinski definition) is 3. The molecule has 1 aliphatic rings. The van der Waals surface area contributed by atoms with Crippen LogP contribution in [0, 0.1) is 5.82 Å². The van der Waals surface area contributed by atoms with Crippen LogP contribution in [-0.2, 0) is 4.74 Å². The zero-order valence-electron chi connectivity index (χ0n) is 9.40. The van der Waals surface area contributed by atoms with E-state index in [1.165, 1.54) is 6.07 Å². The van der Waals surface area contributed by atoms with Crippen LogP contribution in [-0.4, -0.2) is 16.4 Å². The summed E-state index contributed by atoms with van der Waals surface area (Å²) in [6, 6.07) is 3.03. The second-order valence-corrected chi connectivity index (χ2v) is 4.34. The number of fused-ring (bicyclic) bond motifs is 1. The van der Waals surface area contributed by atoms with Gasteiger partial charge in [-0.05, 0) is 31.4 Å². The average Bonchev–Trinajstić information content (AvgIpc) is 2.74. The maximum absolute atomic E-state index is 13.3. The molecule has 1 saturated heterocycles. The Hall–Kier alpha value is -1.62. The van der Waals surface area contributed by atoms with Crippen LogP contribution in [0.25, 0.3) is 10.9 Å². The van der Waals surface area contributed by atoms with E-state index in [2.05, 4.69) is 5.10 Å². The summed E-state index contributed by atoms with van der Waals surface area (Å²) in [5, 5.41) is 5.03. The van der Waals surface area contributed by atoms with Crippen LogP contribution in [0.2, 0.25) is 0 Å². The number of ether oxygens (including phenoxy) is 1. The molecule has 4 nitrogen and oxygen atoms in total. The van der Waals surface area contributed by atoms with Gasteiger partial charge in [0.15, 0.2) is 6.23 Å². The molecule has 0 saturated carbocycles. The molecule has 5 heteroatoms. The minimum absolute atomic E-state index is 0.0499. The highest BCUT2D eigenvalue weighted by Gasteiger charge is 2.19. The maximum atomic E-state index is 13.3. The van der Waals surface area contributed by atoms with Crippen molar-refractivity contribution in [3.05, 3.63) is 24.1 Å². The van der Waals surface area contributed by atoms with Crippen molar-refractivity contribution in [1.29, 1.82) is 0 Å². The van der Waals surface area contributed by atoms with Crippen molar-refractivity contribution < 1.29 is 9.13 Å². The van der Waals surface area contributed by atoms with Crippen molar-refractivity contribution in [2.75, 3.05) is 12.3 Å². The lowest BCUT2D eigenvalue weighted by Gasteiger charge is -2.23. The second-order valence-electron chi connectivity index (χ2n) is 4.34. The highest BCUT2D eigenvalue weighted by atomic mass is 19.1. The first-order valence-corrected chi connectivity index (χ1v) is 5.79. The summed E-state index contributed by atoms with van der Waals surface area (Å²) in [7, 11) is 0. The number of nitrogens with two attached hydrogens (primary N) is 1. The van der Waals surface area contributed by atoms with Gasteiger partial charge in [-0.1, -0.05) is 0 Å². The molecule has 2 aromatic rings. The van der Waals surface area contributed by atoms with E-state index in [9.17, 15) is 4.39 Å². The molecular formula is C12H14FN3O. The lowest BCUT2D eigenvalue weighted by Crippen LogP contribution is -2.19. The molecule has 0 spiro atoms. The van der Waals surface area contributed by atoms with Crippen molar-refractivity contribution in [2.24, 2.45) is 0 Å². The molecule has 1 fully saturated rings. The van der Waals surface area contributed by atoms with Gasteiger partial charge in [-0.15, -0.1) is 0 Å². The Labute approximate surface area is 98.2 Å². The summed E-state index contributed by atoms with van der Waals surface area (Å²) in [6.45, 7) is 0.753. The summed E-state index contributed by atoms with van der Waals surface area (Å²) in [5.74, 6) is -0.401. The Morgan fingerprint density at radius 3 is 3.06 bits per heavy atom. The molecule has 1 aromatic heterocycles. The van der Waals surface area contributed by atoms with Crippen molar-refractivity contribution in [3.8, 4) is 0 Å². The Morgan fingerprint density at radius 1 is 1.41 bits per heavy atom. The van der Waals surface area contributed by atoms with Crippen LogP contribution in [0.3, 0.4) is 0 Å². The summed E-state index contributed by atoms with van der Waals surface area (Å²) in [4.78, 5) is 0. The Morgan fingerprint density at radius 2 is 2.29 bits per heavy atom. The normalized spacial score (nSPS) is 20.9. The lowest BCUT2D eigenvalue weighted by molar-refractivity contribution is -0.0366. The first-order valence-electron chi connectivity index (χ1n) is 5.79. The lowest BCUT2D eigenvalue weighted by atomic mass is 10.2. The first-order chi connectivity index (χ1) is 8.25. The molecule has 2 heterocycles. The number of halogens is 1. The van der Waals surface area contributed by atoms with Crippen LogP contribution in [0.1, 0.15) is 25.5 Å². The number of nitrogens with zero attached hydrogens (tertiary/aromatic N) is 2. The van der Waals surface area contributed by atoms with Crippen LogP contribution in [0.15, 0.2) is 18.3 Å². The quantitative estimate of drug-likeness (QED) is 0.772. The Balaban J connectivity index is 2.07. The van der Waals surface area contributed by atoms with Crippen LogP contribution in [0.4, 0.5) is 10.1 Å². The van der Waals surface area contributed by atoms with Gasteiger partial charge in [0.2, 0.25) is 0 Å². The number of benzene rings is 1. The number of nitrogen functional groups attached to an aromatic ring is 1. The van der Waals surface area contributed by atoms with Crippen molar-refractivity contribution in [1.82, 2.24) is 9.78 Å². The van der Waals surface area contributed by atoms with Gasteiger partial charge in [-0.3, -0.25) is 0 Å². The van der Waals surface area contributed by atoms with E-state index in [1.54, 1.807) is 16.9 Å². The average molecular weight is 235 g/mol. The van der Waals surface area contributed by atoms with Gasteiger partial charge in [0.05, 0.1) is 17.4 Å². The van der Waals surface area contributed by atoms with Gasteiger partial charge in [-0.25, -0.2) is 9.07 Å². The Kier molecular flexibility index (Phi) is 2.48. The third-order valence-electron chi connectivity index (χ3n) is 3.14. The molecule has 1 atom stereocenters. The first kappa shape index (κ1) is 10.5. The van der Waals surface area contributed by atoms with E-state index >= 15 is 0 Å². The molecule has 17 heavy (non-hydrogen) atoms. The molecule has 90 valence electrons. The van der Waals surface area contributed by atoms with Crippen molar-refractivity contribution in [3.63, 3.8) is 0 Å². The topological polar surface area (TPSA) is 53.1 Å². The predicted octanol–water partition coefficient (Wildman–Crippen LogP) is 2.46. The number of anilines is 1. The molecule has 2 N–H and O–H groups in total. The van der Waals surface area contributed by atoms with E-state index in [1.807, 2.05) is 0 Å². The van der Waals surface area contributed by atoms with E-state index in [-0.39, 0.29) is 11.9 Å². The largest absolute Gasteiger partial charge is 0.396 e. The molecule has 0 aliphatic carbocycles. The third-order valence-corrected chi connectivity index (χ3v) is 3.14. The Bertz CT molecular complexity index is 546. The van der Waals surface area contributed by atoms with Crippen molar-refractivity contribution in [2.45, 2.75) is 25.5 Å². The number of hydrogen-bond donors (Lipinski definition) is 1. The third kappa shape index (κ3) is 1.76. The number of aromatic nitrogens is 2. The second kappa shape index (κ2) is 4.00. The van der Waals surface area contributed by atoms with Crippen LogP contribution >= 0.6 is 0 Å². The zero-order valence-corrected chi connectivity index (χ0v) is 9.40. The SMILES string of the molecule is Nc1cc2c(cnn2C2CCCCO2)cc1F. The summed E-state index contributed by atoms with van der Waals surface area (Å²) in [6.07, 6.45) is 4.75. The van der Waals surface area contributed by atoms with Crippen LogP contribution in [0.5, 0.6) is 0 Å². The maximum Gasteiger partial charge on any atom is 0.150 e. The fraction of sp³-hybridized carbons (Fsp3) is 0.417. The van der Waals surface area contributed by atoms with Crippen molar-refractivity contribution >= 4 is 16.6 Å². The van der Waals surface area contributed by atoms with E-state index in [0.29, 0.717) is 0 Å². The zero-order chi connectivity index (χ0) is 11.8. The molecule has 0 radical (unpaired) electrons. The van der Waals surface area contributed by atoms with Gasteiger partial charge in [0.25, 0.3) is 0 Å². The molecule has 1 aromatic carbocycles. The fourth-order valence-electron chi connectivity index (χ4n) is 2.23. The molecule has 0 amide bonds. The van der Waals surface area contributed by atoms with E-state index in [0.717, 1.165) is 36.8 Å². The monoisotopic (exact) mass is 235 g/mol.